The molecule has 5 rings (SSSR count). The first-order chi connectivity index (χ1) is 16.3. The molecule has 0 saturated carbocycles. The van der Waals surface area contributed by atoms with Crippen molar-refractivity contribution in [3.63, 3.8) is 0 Å². The Kier molecular flexibility index (Phi) is 5.67. The predicted molar refractivity (Wildman–Crippen MR) is 122 cm³/mol. The van der Waals surface area contributed by atoms with Crippen LogP contribution in [0, 0.1) is 12.7 Å². The van der Waals surface area contributed by atoms with Crippen molar-refractivity contribution < 1.29 is 23.6 Å². The van der Waals surface area contributed by atoms with E-state index in [2.05, 4.69) is 5.32 Å². The number of carbonyl (C=O) groups excluding carboxylic acids is 4. The van der Waals surface area contributed by atoms with Gasteiger partial charge in [0.1, 0.15) is 11.9 Å². The van der Waals surface area contributed by atoms with Crippen molar-refractivity contribution >= 4 is 23.6 Å². The molecule has 0 aliphatic carbocycles. The van der Waals surface area contributed by atoms with Crippen LogP contribution < -0.4 is 5.32 Å². The molecule has 1 N–H and O–H groups in total. The summed E-state index contributed by atoms with van der Waals surface area (Å²) in [4.78, 5) is 53.1. The lowest BCUT2D eigenvalue weighted by Crippen LogP contribution is -2.52. The number of hydrogen-bond donors (Lipinski definition) is 1. The number of imide groups is 1. The molecule has 2 aromatic rings. The molecule has 2 aromatic carbocycles. The lowest BCUT2D eigenvalue weighted by molar-refractivity contribution is -0.136. The maximum absolute atomic E-state index is 14.6. The SMILES string of the molecule is Cc1cccc(C(=O)N2CCC(c3cc(F)cc4c3CN(C3CCC(=O)NC3=O)C4=O)CC2)c1. The average Bonchev–Trinajstić information content (AvgIpc) is 3.14. The van der Waals surface area contributed by atoms with Crippen molar-refractivity contribution in [2.75, 3.05) is 13.1 Å². The van der Waals surface area contributed by atoms with Crippen LogP contribution in [0.1, 0.15) is 69.0 Å². The van der Waals surface area contributed by atoms with Gasteiger partial charge in [-0.15, -0.1) is 0 Å². The zero-order chi connectivity index (χ0) is 24.0. The number of likely N-dealkylation sites (tertiary alicyclic amines) is 1. The Balaban J connectivity index is 1.34. The van der Waals surface area contributed by atoms with E-state index in [1.807, 2.05) is 36.1 Å². The summed E-state index contributed by atoms with van der Waals surface area (Å²) in [6.45, 7) is 3.27. The fourth-order valence-corrected chi connectivity index (χ4v) is 5.37. The number of fused-ring (bicyclic) bond motifs is 1. The first kappa shape index (κ1) is 22.3. The molecule has 2 fully saturated rings. The third-order valence-electron chi connectivity index (χ3n) is 7.14. The van der Waals surface area contributed by atoms with Gasteiger partial charge in [-0.2, -0.15) is 0 Å². The van der Waals surface area contributed by atoms with Crippen LogP contribution in [0.4, 0.5) is 4.39 Å². The van der Waals surface area contributed by atoms with E-state index in [4.69, 9.17) is 0 Å². The summed E-state index contributed by atoms with van der Waals surface area (Å²) >= 11 is 0. The highest BCUT2D eigenvalue weighted by Gasteiger charge is 2.41. The highest BCUT2D eigenvalue weighted by atomic mass is 19.1. The molecule has 0 bridgehead atoms. The molecule has 0 radical (unpaired) electrons. The van der Waals surface area contributed by atoms with Crippen LogP contribution in [0.25, 0.3) is 0 Å². The van der Waals surface area contributed by atoms with E-state index in [1.54, 1.807) is 0 Å². The normalized spacial score (nSPS) is 21.0. The minimum atomic E-state index is -0.734. The minimum Gasteiger partial charge on any atom is -0.339 e. The Morgan fingerprint density at radius 1 is 1.06 bits per heavy atom. The van der Waals surface area contributed by atoms with E-state index >= 15 is 0 Å². The van der Waals surface area contributed by atoms with Gasteiger partial charge in [0.25, 0.3) is 11.8 Å². The van der Waals surface area contributed by atoms with E-state index in [0.717, 1.165) is 16.7 Å². The number of nitrogens with zero attached hydrogens (tertiary/aromatic N) is 2. The van der Waals surface area contributed by atoms with Gasteiger partial charge in [-0.05, 0) is 67.5 Å². The number of piperidine rings is 2. The zero-order valence-electron chi connectivity index (χ0n) is 19.0. The van der Waals surface area contributed by atoms with Crippen LogP contribution >= 0.6 is 0 Å². The Morgan fingerprint density at radius 2 is 1.82 bits per heavy atom. The van der Waals surface area contributed by atoms with Gasteiger partial charge in [0, 0.05) is 37.2 Å². The van der Waals surface area contributed by atoms with Crippen molar-refractivity contribution in [2.45, 2.75) is 51.1 Å². The van der Waals surface area contributed by atoms with Crippen molar-refractivity contribution in [3.05, 3.63) is 70.0 Å². The molecule has 1 atom stereocenters. The van der Waals surface area contributed by atoms with Crippen LogP contribution in [0.3, 0.4) is 0 Å². The maximum Gasteiger partial charge on any atom is 0.255 e. The molecule has 2 saturated heterocycles. The van der Waals surface area contributed by atoms with Gasteiger partial charge >= 0.3 is 0 Å². The summed E-state index contributed by atoms with van der Waals surface area (Å²) in [7, 11) is 0. The van der Waals surface area contributed by atoms with Gasteiger partial charge in [0.2, 0.25) is 11.8 Å². The maximum atomic E-state index is 14.6. The molecule has 0 aromatic heterocycles. The fourth-order valence-electron chi connectivity index (χ4n) is 5.37. The third kappa shape index (κ3) is 3.97. The molecule has 8 heteroatoms. The predicted octanol–water partition coefficient (Wildman–Crippen LogP) is 2.91. The average molecular weight is 464 g/mol. The molecule has 3 heterocycles. The monoisotopic (exact) mass is 463 g/mol. The second-order valence-corrected chi connectivity index (χ2v) is 9.36. The number of amides is 4. The Bertz CT molecular complexity index is 1200. The van der Waals surface area contributed by atoms with Gasteiger partial charge in [0.15, 0.2) is 0 Å². The molecule has 1 unspecified atom stereocenters. The van der Waals surface area contributed by atoms with E-state index in [0.29, 0.717) is 31.5 Å². The van der Waals surface area contributed by atoms with Crippen LogP contribution in [0.5, 0.6) is 0 Å². The van der Waals surface area contributed by atoms with Gasteiger partial charge in [0.05, 0.1) is 0 Å². The first-order valence-corrected chi connectivity index (χ1v) is 11.6. The number of aryl methyl sites for hydroxylation is 1. The van der Waals surface area contributed by atoms with Gasteiger partial charge in [-0.1, -0.05) is 17.7 Å². The van der Waals surface area contributed by atoms with Gasteiger partial charge < -0.3 is 9.80 Å². The molecular weight excluding hydrogens is 437 g/mol. The van der Waals surface area contributed by atoms with E-state index in [9.17, 15) is 23.6 Å². The second-order valence-electron chi connectivity index (χ2n) is 9.36. The lowest BCUT2D eigenvalue weighted by Gasteiger charge is -2.33. The largest absolute Gasteiger partial charge is 0.339 e. The molecule has 4 amide bonds. The summed E-state index contributed by atoms with van der Waals surface area (Å²) in [5.41, 5.74) is 3.51. The molecular formula is C26H26FN3O4. The van der Waals surface area contributed by atoms with E-state index in [-0.39, 0.29) is 48.6 Å². The molecule has 7 nitrogen and oxygen atoms in total. The van der Waals surface area contributed by atoms with Crippen molar-refractivity contribution in [1.29, 1.82) is 0 Å². The van der Waals surface area contributed by atoms with Crippen molar-refractivity contribution in [2.24, 2.45) is 0 Å². The first-order valence-electron chi connectivity index (χ1n) is 11.6. The highest BCUT2D eigenvalue weighted by Crippen LogP contribution is 2.38. The topological polar surface area (TPSA) is 86.8 Å². The highest BCUT2D eigenvalue weighted by molar-refractivity contribution is 6.05. The Hall–Kier alpha value is -3.55. The summed E-state index contributed by atoms with van der Waals surface area (Å²) in [5.74, 6) is -1.68. The van der Waals surface area contributed by atoms with Crippen LogP contribution in [0.15, 0.2) is 36.4 Å². The molecule has 3 aliphatic heterocycles. The standard InChI is InChI=1S/C26H26FN3O4/c1-15-3-2-4-17(11-15)25(33)29-9-7-16(8-10-29)19-12-18(27)13-20-21(19)14-30(26(20)34)22-5-6-23(31)28-24(22)32/h2-4,11-13,16,22H,5-10,14H2,1H3,(H,28,31,32). The Labute approximate surface area is 196 Å². The summed E-state index contributed by atoms with van der Waals surface area (Å²) < 4.78 is 14.6. The van der Waals surface area contributed by atoms with Crippen LogP contribution in [0.2, 0.25) is 0 Å². The number of hydrogen-bond acceptors (Lipinski definition) is 4. The summed E-state index contributed by atoms with van der Waals surface area (Å²) in [6.07, 6.45) is 1.77. The number of halogens is 1. The number of carbonyl (C=O) groups is 4. The quantitative estimate of drug-likeness (QED) is 0.710. The third-order valence-corrected chi connectivity index (χ3v) is 7.14. The molecule has 0 spiro atoms. The van der Waals surface area contributed by atoms with Crippen molar-refractivity contribution in [3.8, 4) is 0 Å². The van der Waals surface area contributed by atoms with Crippen molar-refractivity contribution in [1.82, 2.24) is 15.1 Å². The Morgan fingerprint density at radius 3 is 2.53 bits per heavy atom. The van der Waals surface area contributed by atoms with E-state index in [1.165, 1.54) is 17.0 Å². The van der Waals surface area contributed by atoms with Crippen LogP contribution in [-0.4, -0.2) is 52.6 Å². The molecule has 176 valence electrons. The molecule has 34 heavy (non-hydrogen) atoms. The number of nitrogens with one attached hydrogen (secondary N) is 1. The molecule has 3 aliphatic rings. The lowest BCUT2D eigenvalue weighted by atomic mass is 9.85. The van der Waals surface area contributed by atoms with E-state index < -0.39 is 17.8 Å². The van der Waals surface area contributed by atoms with Gasteiger partial charge in [-0.3, -0.25) is 24.5 Å². The summed E-state index contributed by atoms with van der Waals surface area (Å²) in [5, 5.41) is 2.29. The number of rotatable bonds is 3. The zero-order valence-corrected chi connectivity index (χ0v) is 19.0. The number of benzene rings is 2. The second kappa shape index (κ2) is 8.66. The minimum absolute atomic E-state index is 0.00849. The van der Waals surface area contributed by atoms with Gasteiger partial charge in [-0.25, -0.2) is 4.39 Å². The fraction of sp³-hybridized carbons (Fsp3) is 0.385. The summed E-state index contributed by atoms with van der Waals surface area (Å²) in [6, 6.07) is 9.51. The smallest absolute Gasteiger partial charge is 0.255 e. The van der Waals surface area contributed by atoms with Crippen LogP contribution in [-0.2, 0) is 16.1 Å².